The maximum atomic E-state index is 13.1. The lowest BCUT2D eigenvalue weighted by atomic mass is 9.87. The predicted octanol–water partition coefficient (Wildman–Crippen LogP) is 5.23. The Kier molecular flexibility index (Phi) is 7.76. The molecule has 0 radical (unpaired) electrons. The Labute approximate surface area is 200 Å². The highest BCUT2D eigenvalue weighted by Crippen LogP contribution is 2.30. The summed E-state index contributed by atoms with van der Waals surface area (Å²) in [5, 5.41) is 3.46. The van der Waals surface area contributed by atoms with Crippen molar-refractivity contribution in [2.75, 3.05) is 0 Å². The molecule has 0 aliphatic carbocycles. The molecule has 3 rings (SSSR count). The summed E-state index contributed by atoms with van der Waals surface area (Å²) in [5.74, 6) is -0.984. The number of rotatable bonds is 8. The number of hydrogen-bond acceptors (Lipinski definition) is 5. The monoisotopic (exact) mass is 492 g/mol. The zero-order valence-electron chi connectivity index (χ0n) is 18.8. The molecular weight excluding hydrogens is 469 g/mol. The third kappa shape index (κ3) is 6.66. The van der Waals surface area contributed by atoms with E-state index in [9.17, 15) is 18.0 Å². The van der Waals surface area contributed by atoms with E-state index in [1.54, 1.807) is 12.3 Å². The summed E-state index contributed by atoms with van der Waals surface area (Å²) >= 11 is 5.94. The lowest BCUT2D eigenvalue weighted by Gasteiger charge is -2.30. The molecule has 0 bridgehead atoms. The number of ether oxygens (including phenoxy) is 1. The average molecular weight is 493 g/mol. The minimum Gasteiger partial charge on any atom is -0.461 e. The van der Waals surface area contributed by atoms with Crippen molar-refractivity contribution in [3.05, 3.63) is 83.0 Å². The molecule has 180 valence electrons. The number of hydrogen-bond donors (Lipinski definition) is 1. The zero-order valence-corrected chi connectivity index (χ0v) is 19.6. The molecular formula is C24H24ClF3N4O2. The number of nitrogens with zero attached hydrogens (tertiary/aromatic N) is 3. The van der Waals surface area contributed by atoms with Crippen LogP contribution in [0.25, 0.3) is 0 Å². The van der Waals surface area contributed by atoms with Gasteiger partial charge in [-0.1, -0.05) is 41.9 Å². The van der Waals surface area contributed by atoms with Gasteiger partial charge in [0.2, 0.25) is 5.88 Å². The summed E-state index contributed by atoms with van der Waals surface area (Å²) in [6.45, 7) is 4.78. The lowest BCUT2D eigenvalue weighted by molar-refractivity contribution is -0.141. The summed E-state index contributed by atoms with van der Waals surface area (Å²) in [6.07, 6.45) is -1.80. The first kappa shape index (κ1) is 25.4. The van der Waals surface area contributed by atoms with Gasteiger partial charge in [0.15, 0.2) is 11.3 Å². The normalized spacial score (nSPS) is 13.7. The molecule has 0 aliphatic rings. The van der Waals surface area contributed by atoms with E-state index >= 15 is 0 Å². The Morgan fingerprint density at radius 3 is 2.41 bits per heavy atom. The third-order valence-electron chi connectivity index (χ3n) is 5.25. The predicted molar refractivity (Wildman–Crippen MR) is 121 cm³/mol. The van der Waals surface area contributed by atoms with E-state index in [0.717, 1.165) is 17.6 Å². The summed E-state index contributed by atoms with van der Waals surface area (Å²) in [4.78, 5) is 24.3. The molecule has 1 amide bonds. The van der Waals surface area contributed by atoms with Crippen molar-refractivity contribution < 1.29 is 22.7 Å². The first-order valence-electron chi connectivity index (χ1n) is 10.5. The minimum absolute atomic E-state index is 0.134. The maximum Gasteiger partial charge on any atom is 0.433 e. The fourth-order valence-electron chi connectivity index (χ4n) is 3.38. The maximum absolute atomic E-state index is 13.1. The number of halogens is 4. The molecule has 10 heteroatoms. The van der Waals surface area contributed by atoms with Crippen molar-refractivity contribution in [2.45, 2.75) is 50.9 Å². The van der Waals surface area contributed by atoms with Crippen LogP contribution in [0.2, 0.25) is 5.02 Å². The van der Waals surface area contributed by atoms with Crippen LogP contribution in [0, 0.1) is 0 Å². The minimum atomic E-state index is -4.65. The van der Waals surface area contributed by atoms with E-state index in [0.29, 0.717) is 17.5 Å². The van der Waals surface area contributed by atoms with Crippen LogP contribution in [-0.4, -0.2) is 32.5 Å². The highest BCUT2D eigenvalue weighted by atomic mass is 35.5. The standard InChI is InChI=1S/C24H24ClF3N4O2/c1-15(19(16-7-5-4-6-8-16)11-18-10-9-17(25)13-29-18)32-22(33)23(2,3)34-21-12-20(24(26,27)28)30-14-31-21/h4-10,12-15,19H,11H2,1-3H3,(H,32,33). The van der Waals surface area contributed by atoms with Gasteiger partial charge in [0.05, 0.1) is 5.02 Å². The van der Waals surface area contributed by atoms with Gasteiger partial charge in [0.25, 0.3) is 5.91 Å². The molecule has 0 saturated heterocycles. The van der Waals surface area contributed by atoms with Crippen LogP contribution in [0.15, 0.2) is 61.1 Å². The second-order valence-corrected chi connectivity index (χ2v) is 8.74. The van der Waals surface area contributed by atoms with Crippen molar-refractivity contribution in [3.63, 3.8) is 0 Å². The summed E-state index contributed by atoms with van der Waals surface area (Å²) in [5.41, 5.74) is -0.848. The van der Waals surface area contributed by atoms with Crippen LogP contribution < -0.4 is 10.1 Å². The number of pyridine rings is 1. The van der Waals surface area contributed by atoms with E-state index in [1.807, 2.05) is 43.3 Å². The Bertz CT molecular complexity index is 1110. The molecule has 6 nitrogen and oxygen atoms in total. The van der Waals surface area contributed by atoms with Crippen LogP contribution in [0.3, 0.4) is 0 Å². The van der Waals surface area contributed by atoms with E-state index in [2.05, 4.69) is 20.3 Å². The zero-order chi connectivity index (χ0) is 24.9. The summed E-state index contributed by atoms with van der Waals surface area (Å²) in [7, 11) is 0. The summed E-state index contributed by atoms with van der Waals surface area (Å²) in [6, 6.07) is 13.5. The van der Waals surface area contributed by atoms with E-state index in [1.165, 1.54) is 13.8 Å². The second-order valence-electron chi connectivity index (χ2n) is 8.30. The number of carbonyl (C=O) groups excluding carboxylic acids is 1. The SMILES string of the molecule is CC(NC(=O)C(C)(C)Oc1cc(C(F)(F)F)ncn1)C(Cc1ccc(Cl)cn1)c1ccccc1. The van der Waals surface area contributed by atoms with Gasteiger partial charge in [-0.15, -0.1) is 0 Å². The van der Waals surface area contributed by atoms with Gasteiger partial charge >= 0.3 is 6.18 Å². The quantitative estimate of drug-likeness (QED) is 0.466. The molecule has 1 N–H and O–H groups in total. The summed E-state index contributed by atoms with van der Waals surface area (Å²) < 4.78 is 44.4. The molecule has 0 aliphatic heterocycles. The Hall–Kier alpha value is -3.20. The van der Waals surface area contributed by atoms with Gasteiger partial charge in [-0.25, -0.2) is 9.97 Å². The Balaban J connectivity index is 1.76. The first-order chi connectivity index (χ1) is 16.0. The van der Waals surface area contributed by atoms with Crippen molar-refractivity contribution in [3.8, 4) is 5.88 Å². The molecule has 2 aromatic heterocycles. The second kappa shape index (κ2) is 10.4. The number of nitrogens with one attached hydrogen (secondary N) is 1. The fourth-order valence-corrected chi connectivity index (χ4v) is 3.49. The fraction of sp³-hybridized carbons (Fsp3) is 0.333. The molecule has 0 spiro atoms. The third-order valence-corrected chi connectivity index (χ3v) is 5.47. The molecule has 1 aromatic carbocycles. The van der Waals surface area contributed by atoms with Gasteiger partial charge in [-0.05, 0) is 44.9 Å². The van der Waals surface area contributed by atoms with Crippen molar-refractivity contribution in [1.82, 2.24) is 20.3 Å². The lowest BCUT2D eigenvalue weighted by Crippen LogP contribution is -2.51. The van der Waals surface area contributed by atoms with Gasteiger partial charge < -0.3 is 10.1 Å². The highest BCUT2D eigenvalue weighted by Gasteiger charge is 2.36. The largest absolute Gasteiger partial charge is 0.461 e. The smallest absolute Gasteiger partial charge is 0.433 e. The van der Waals surface area contributed by atoms with Crippen LogP contribution in [0.1, 0.15) is 43.6 Å². The number of benzene rings is 1. The van der Waals surface area contributed by atoms with Crippen molar-refractivity contribution in [1.29, 1.82) is 0 Å². The topological polar surface area (TPSA) is 77.0 Å². The van der Waals surface area contributed by atoms with Crippen LogP contribution >= 0.6 is 11.6 Å². The molecule has 34 heavy (non-hydrogen) atoms. The average Bonchev–Trinajstić information content (AvgIpc) is 2.78. The van der Waals surface area contributed by atoms with Gasteiger partial charge in [-0.3, -0.25) is 9.78 Å². The Morgan fingerprint density at radius 1 is 1.09 bits per heavy atom. The van der Waals surface area contributed by atoms with Crippen LogP contribution in [0.4, 0.5) is 13.2 Å². The van der Waals surface area contributed by atoms with Crippen molar-refractivity contribution >= 4 is 17.5 Å². The van der Waals surface area contributed by atoms with Gasteiger partial charge in [-0.2, -0.15) is 13.2 Å². The molecule has 0 fully saturated rings. The van der Waals surface area contributed by atoms with E-state index in [-0.39, 0.29) is 17.8 Å². The Morgan fingerprint density at radius 2 is 1.79 bits per heavy atom. The van der Waals surface area contributed by atoms with E-state index in [4.69, 9.17) is 16.3 Å². The highest BCUT2D eigenvalue weighted by molar-refractivity contribution is 6.30. The number of amides is 1. The molecule has 2 heterocycles. The number of aromatic nitrogens is 3. The number of carbonyl (C=O) groups is 1. The molecule has 2 atom stereocenters. The van der Waals surface area contributed by atoms with E-state index < -0.39 is 23.4 Å². The number of alkyl halides is 3. The van der Waals surface area contributed by atoms with Crippen molar-refractivity contribution in [2.24, 2.45) is 0 Å². The van der Waals surface area contributed by atoms with Crippen LogP contribution in [0.5, 0.6) is 5.88 Å². The molecule has 0 saturated carbocycles. The van der Waals surface area contributed by atoms with Crippen LogP contribution in [-0.2, 0) is 17.4 Å². The molecule has 2 unspecified atom stereocenters. The van der Waals surface area contributed by atoms with Gasteiger partial charge in [0.1, 0.15) is 6.33 Å². The van der Waals surface area contributed by atoms with Gasteiger partial charge in [0, 0.05) is 29.9 Å². The molecule has 3 aromatic rings. The first-order valence-corrected chi connectivity index (χ1v) is 10.9.